The van der Waals surface area contributed by atoms with Crippen LogP contribution < -0.4 is 14.4 Å². The lowest BCUT2D eigenvalue weighted by Gasteiger charge is -2.14. The van der Waals surface area contributed by atoms with Crippen LogP contribution in [0.15, 0.2) is 35.5 Å². The smallest absolute Gasteiger partial charge is 0.302 e. The molecule has 76 valence electrons. The molecule has 0 radical (unpaired) electrons. The lowest BCUT2D eigenvalue weighted by Crippen LogP contribution is -2.26. The maximum Gasteiger partial charge on any atom is 0.302 e. The van der Waals surface area contributed by atoms with Gasteiger partial charge in [-0.15, -0.1) is 0 Å². The Hall–Kier alpha value is -1.97. The third kappa shape index (κ3) is 1.18. The van der Waals surface area contributed by atoms with E-state index in [-0.39, 0.29) is 0 Å². The van der Waals surface area contributed by atoms with Gasteiger partial charge in [-0.25, -0.2) is 4.99 Å². The number of ether oxygens (including phenoxy) is 2. The van der Waals surface area contributed by atoms with Crippen molar-refractivity contribution < 1.29 is 9.47 Å². The summed E-state index contributed by atoms with van der Waals surface area (Å²) in [7, 11) is 1.65. The van der Waals surface area contributed by atoms with Gasteiger partial charge < -0.3 is 9.47 Å². The van der Waals surface area contributed by atoms with Gasteiger partial charge in [0.25, 0.3) is 0 Å². The second-order valence-corrected chi connectivity index (χ2v) is 3.31. The highest BCUT2D eigenvalue weighted by Crippen LogP contribution is 2.38. The highest BCUT2D eigenvalue weighted by molar-refractivity contribution is 6.02. The Balaban J connectivity index is 2.10. The molecule has 0 aromatic heterocycles. The van der Waals surface area contributed by atoms with E-state index in [0.717, 1.165) is 17.2 Å². The molecule has 0 bridgehead atoms. The van der Waals surface area contributed by atoms with E-state index in [4.69, 9.17) is 9.47 Å². The lowest BCUT2D eigenvalue weighted by molar-refractivity contribution is 0.414. The number of rotatable bonds is 1. The zero-order valence-corrected chi connectivity index (χ0v) is 8.30. The topological polar surface area (TPSA) is 34.1 Å². The summed E-state index contributed by atoms with van der Waals surface area (Å²) in [4.78, 5) is 6.17. The van der Waals surface area contributed by atoms with E-state index in [1.54, 1.807) is 7.11 Å². The van der Waals surface area contributed by atoms with Crippen molar-refractivity contribution in [2.45, 2.75) is 0 Å². The summed E-state index contributed by atoms with van der Waals surface area (Å²) in [6, 6.07) is 6.35. The Morgan fingerprint density at radius 1 is 1.47 bits per heavy atom. The number of benzene rings is 1. The van der Waals surface area contributed by atoms with Gasteiger partial charge in [0.05, 0.1) is 19.3 Å². The molecule has 0 atom stereocenters. The molecule has 0 saturated heterocycles. The van der Waals surface area contributed by atoms with E-state index < -0.39 is 0 Å². The second-order valence-electron chi connectivity index (χ2n) is 3.31. The van der Waals surface area contributed by atoms with Crippen LogP contribution in [0, 0.1) is 0 Å². The summed E-state index contributed by atoms with van der Waals surface area (Å²) in [6.07, 6.45) is 3.95. The van der Waals surface area contributed by atoms with Crippen LogP contribution >= 0.6 is 0 Å². The fourth-order valence-electron chi connectivity index (χ4n) is 1.69. The standard InChI is InChI=1S/C11H10N2O2/c1-14-8-3-4-10-9(7-8)13-6-2-5-12-11(13)15-10/h2-4,6-7H,5H2,1H3. The first kappa shape index (κ1) is 8.35. The van der Waals surface area contributed by atoms with Gasteiger partial charge in [-0.3, -0.25) is 4.90 Å². The molecule has 3 rings (SSSR count). The van der Waals surface area contributed by atoms with Crippen molar-refractivity contribution in [2.24, 2.45) is 4.99 Å². The van der Waals surface area contributed by atoms with Crippen LogP contribution in [0.2, 0.25) is 0 Å². The summed E-state index contributed by atoms with van der Waals surface area (Å²) in [5.74, 6) is 1.64. The molecule has 2 aliphatic heterocycles. The Bertz CT molecular complexity index is 466. The predicted molar refractivity (Wildman–Crippen MR) is 57.5 cm³/mol. The second kappa shape index (κ2) is 3.02. The predicted octanol–water partition coefficient (Wildman–Crippen LogP) is 1.78. The number of amidine groups is 1. The maximum absolute atomic E-state index is 5.58. The van der Waals surface area contributed by atoms with Crippen molar-refractivity contribution in [2.75, 3.05) is 18.6 Å². The molecule has 2 aliphatic rings. The zero-order chi connectivity index (χ0) is 10.3. The SMILES string of the molecule is COc1ccc2c(c1)N1C=CCN=C1O2. The fraction of sp³-hybridized carbons (Fsp3) is 0.182. The largest absolute Gasteiger partial charge is 0.497 e. The molecule has 0 spiro atoms. The third-order valence-electron chi connectivity index (χ3n) is 2.42. The molecule has 0 aliphatic carbocycles. The average molecular weight is 202 g/mol. The van der Waals surface area contributed by atoms with Crippen molar-refractivity contribution in [3.05, 3.63) is 30.5 Å². The van der Waals surface area contributed by atoms with E-state index in [1.165, 1.54) is 0 Å². The Labute approximate surface area is 87.4 Å². The minimum atomic E-state index is 0.640. The van der Waals surface area contributed by atoms with Crippen LogP contribution in [0.4, 0.5) is 5.69 Å². The van der Waals surface area contributed by atoms with Crippen molar-refractivity contribution in [1.29, 1.82) is 0 Å². The summed E-state index contributed by atoms with van der Waals surface area (Å²) >= 11 is 0. The molecule has 1 aromatic carbocycles. The van der Waals surface area contributed by atoms with Crippen LogP contribution in [0.1, 0.15) is 0 Å². The van der Waals surface area contributed by atoms with Crippen LogP contribution in [0.3, 0.4) is 0 Å². The van der Waals surface area contributed by atoms with Gasteiger partial charge in [0.1, 0.15) is 5.75 Å². The summed E-state index contributed by atoms with van der Waals surface area (Å²) in [5.41, 5.74) is 0.976. The lowest BCUT2D eigenvalue weighted by atomic mass is 10.2. The van der Waals surface area contributed by atoms with E-state index in [9.17, 15) is 0 Å². The minimum Gasteiger partial charge on any atom is -0.497 e. The molecule has 0 unspecified atom stereocenters. The van der Waals surface area contributed by atoms with Crippen molar-refractivity contribution in [3.8, 4) is 11.5 Å². The summed E-state index contributed by atoms with van der Waals surface area (Å²) < 4.78 is 10.8. The zero-order valence-electron chi connectivity index (χ0n) is 8.30. The van der Waals surface area contributed by atoms with Gasteiger partial charge >= 0.3 is 6.02 Å². The van der Waals surface area contributed by atoms with Crippen molar-refractivity contribution >= 4 is 11.7 Å². The molecule has 0 N–H and O–H groups in total. The van der Waals surface area contributed by atoms with Gasteiger partial charge in [0.2, 0.25) is 0 Å². The molecular weight excluding hydrogens is 192 g/mol. The van der Waals surface area contributed by atoms with E-state index >= 15 is 0 Å². The molecule has 1 aromatic rings. The highest BCUT2D eigenvalue weighted by Gasteiger charge is 2.27. The monoisotopic (exact) mass is 202 g/mol. The number of fused-ring (bicyclic) bond motifs is 3. The number of hydrogen-bond donors (Lipinski definition) is 0. The molecule has 4 heteroatoms. The minimum absolute atomic E-state index is 0.640. The van der Waals surface area contributed by atoms with Crippen LogP contribution in [0.5, 0.6) is 11.5 Å². The summed E-state index contributed by atoms with van der Waals surface area (Å²) in [6.45, 7) is 0.678. The fourth-order valence-corrected chi connectivity index (χ4v) is 1.69. The highest BCUT2D eigenvalue weighted by atomic mass is 16.5. The number of nitrogens with zero attached hydrogens (tertiary/aromatic N) is 2. The number of anilines is 1. The third-order valence-corrected chi connectivity index (χ3v) is 2.42. The van der Waals surface area contributed by atoms with Crippen molar-refractivity contribution in [1.82, 2.24) is 0 Å². The first-order valence-electron chi connectivity index (χ1n) is 4.75. The quantitative estimate of drug-likeness (QED) is 0.696. The van der Waals surface area contributed by atoms with Crippen LogP contribution in [0.25, 0.3) is 0 Å². The normalized spacial score (nSPS) is 16.6. The van der Waals surface area contributed by atoms with E-state index in [0.29, 0.717) is 12.6 Å². The first-order valence-corrected chi connectivity index (χ1v) is 4.75. The van der Waals surface area contributed by atoms with E-state index in [1.807, 2.05) is 35.4 Å². The maximum atomic E-state index is 5.58. The van der Waals surface area contributed by atoms with E-state index in [2.05, 4.69) is 4.99 Å². The number of aliphatic imine (C=N–C) groups is 1. The van der Waals surface area contributed by atoms with Gasteiger partial charge in [-0.1, -0.05) is 0 Å². The first-order chi connectivity index (χ1) is 7.38. The van der Waals surface area contributed by atoms with Gasteiger partial charge in [-0.2, -0.15) is 0 Å². The molecule has 0 saturated carbocycles. The molecule has 4 nitrogen and oxygen atoms in total. The molecule has 15 heavy (non-hydrogen) atoms. The molecule has 0 fully saturated rings. The van der Waals surface area contributed by atoms with Crippen molar-refractivity contribution in [3.63, 3.8) is 0 Å². The molecule has 0 amide bonds. The Morgan fingerprint density at radius 2 is 2.40 bits per heavy atom. The molecular formula is C11H10N2O2. The van der Waals surface area contributed by atoms with Crippen LogP contribution in [-0.4, -0.2) is 19.7 Å². The van der Waals surface area contributed by atoms with Gasteiger partial charge in [0, 0.05) is 12.3 Å². The Morgan fingerprint density at radius 3 is 3.27 bits per heavy atom. The Kier molecular flexibility index (Phi) is 1.68. The van der Waals surface area contributed by atoms with Gasteiger partial charge in [-0.05, 0) is 18.2 Å². The number of methoxy groups -OCH3 is 1. The average Bonchev–Trinajstić information content (AvgIpc) is 2.66. The van der Waals surface area contributed by atoms with Gasteiger partial charge in [0.15, 0.2) is 5.75 Å². The molecule has 2 heterocycles. The van der Waals surface area contributed by atoms with Crippen LogP contribution in [-0.2, 0) is 0 Å². The number of hydrogen-bond acceptors (Lipinski definition) is 4. The summed E-state index contributed by atoms with van der Waals surface area (Å²) in [5, 5.41) is 0.